The minimum atomic E-state index is -0.300. The fourth-order valence-electron chi connectivity index (χ4n) is 2.40. The Kier molecular flexibility index (Phi) is 8.03. The highest BCUT2D eigenvalue weighted by Gasteiger charge is 2.09. The number of likely N-dealkylation sites (N-methyl/N-ethyl adjacent to an activating group) is 1. The average molecular weight is 367 g/mol. The van der Waals surface area contributed by atoms with Gasteiger partial charge in [-0.3, -0.25) is 14.6 Å². The van der Waals surface area contributed by atoms with Crippen molar-refractivity contribution in [2.45, 2.75) is 20.5 Å². The predicted octanol–water partition coefficient (Wildman–Crippen LogP) is 2.66. The van der Waals surface area contributed by atoms with Crippen LogP contribution in [0.4, 0.5) is 0 Å². The smallest absolute Gasteiger partial charge is 0.244 e. The van der Waals surface area contributed by atoms with Crippen LogP contribution in [0.5, 0.6) is 5.75 Å². The van der Waals surface area contributed by atoms with Crippen LogP contribution in [0.25, 0.3) is 6.08 Å². The number of ether oxygens (including phenoxy) is 1. The Morgan fingerprint density at radius 2 is 1.85 bits per heavy atom. The third-order valence-corrected chi connectivity index (χ3v) is 3.95. The summed E-state index contributed by atoms with van der Waals surface area (Å²) in [6.45, 7) is 5.50. The summed E-state index contributed by atoms with van der Waals surface area (Å²) < 4.78 is 5.67. The summed E-state index contributed by atoms with van der Waals surface area (Å²) in [6.07, 6.45) is 4.84. The van der Waals surface area contributed by atoms with Crippen LogP contribution in [0.2, 0.25) is 0 Å². The Hall–Kier alpha value is -3.15. The summed E-state index contributed by atoms with van der Waals surface area (Å²) in [5.74, 6) is 0.342. The first-order chi connectivity index (χ1) is 13.1. The number of hydrogen-bond acceptors (Lipinski definition) is 4. The molecule has 0 aliphatic heterocycles. The lowest BCUT2D eigenvalue weighted by atomic mass is 10.2. The van der Waals surface area contributed by atoms with Crippen LogP contribution in [0.15, 0.2) is 54.7 Å². The lowest BCUT2D eigenvalue weighted by Crippen LogP contribution is -2.39. The molecule has 6 heteroatoms. The zero-order valence-corrected chi connectivity index (χ0v) is 15.7. The van der Waals surface area contributed by atoms with E-state index in [1.165, 1.54) is 6.08 Å². The van der Waals surface area contributed by atoms with Crippen LogP contribution in [-0.4, -0.2) is 41.3 Å². The molecule has 1 aromatic heterocycles. The molecule has 0 radical (unpaired) electrons. The molecule has 2 rings (SSSR count). The van der Waals surface area contributed by atoms with Crippen LogP contribution in [0.1, 0.15) is 25.1 Å². The van der Waals surface area contributed by atoms with E-state index in [1.54, 1.807) is 17.2 Å². The Balaban J connectivity index is 1.79. The Morgan fingerprint density at radius 3 is 2.48 bits per heavy atom. The summed E-state index contributed by atoms with van der Waals surface area (Å²) in [4.78, 5) is 29.6. The molecule has 0 unspecified atom stereocenters. The van der Waals surface area contributed by atoms with E-state index in [4.69, 9.17) is 4.74 Å². The summed E-state index contributed by atoms with van der Waals surface area (Å²) in [6, 6.07) is 13.1. The van der Waals surface area contributed by atoms with Crippen LogP contribution >= 0.6 is 0 Å². The van der Waals surface area contributed by atoms with Gasteiger partial charge in [0.05, 0.1) is 12.2 Å². The number of nitrogens with one attached hydrogen (secondary N) is 1. The molecule has 0 bridgehead atoms. The zero-order valence-electron chi connectivity index (χ0n) is 15.7. The van der Waals surface area contributed by atoms with E-state index in [1.807, 2.05) is 56.3 Å². The van der Waals surface area contributed by atoms with E-state index in [2.05, 4.69) is 10.3 Å². The Labute approximate surface area is 159 Å². The zero-order chi connectivity index (χ0) is 19.5. The molecule has 0 aliphatic carbocycles. The Morgan fingerprint density at radius 1 is 1.11 bits per heavy atom. The van der Waals surface area contributed by atoms with E-state index >= 15 is 0 Å². The third kappa shape index (κ3) is 6.93. The largest absolute Gasteiger partial charge is 0.487 e. The molecule has 1 aromatic carbocycles. The van der Waals surface area contributed by atoms with Crippen molar-refractivity contribution in [3.8, 4) is 5.75 Å². The van der Waals surface area contributed by atoms with Crippen molar-refractivity contribution >= 4 is 17.9 Å². The van der Waals surface area contributed by atoms with Crippen molar-refractivity contribution < 1.29 is 14.3 Å². The SMILES string of the molecule is CCN(CC)C(=O)CNC(=O)/C=C/c1ccc(OCc2ccccn2)cc1. The van der Waals surface area contributed by atoms with Gasteiger partial charge in [0.25, 0.3) is 0 Å². The molecule has 142 valence electrons. The maximum atomic E-state index is 11.9. The normalized spacial score (nSPS) is 10.6. The molecular formula is C21H25N3O3. The molecule has 0 atom stereocenters. The summed E-state index contributed by atoms with van der Waals surface area (Å²) in [5, 5.41) is 2.60. The van der Waals surface area contributed by atoms with E-state index in [0.717, 1.165) is 17.0 Å². The molecule has 0 saturated carbocycles. The quantitative estimate of drug-likeness (QED) is 0.692. The summed E-state index contributed by atoms with van der Waals surface area (Å²) in [7, 11) is 0. The van der Waals surface area contributed by atoms with Crippen molar-refractivity contribution in [3.63, 3.8) is 0 Å². The van der Waals surface area contributed by atoms with Gasteiger partial charge in [-0.2, -0.15) is 0 Å². The molecule has 1 heterocycles. The minimum absolute atomic E-state index is 0.00511. The first kappa shape index (κ1) is 20.2. The highest BCUT2D eigenvalue weighted by molar-refractivity contribution is 5.94. The maximum Gasteiger partial charge on any atom is 0.244 e. The first-order valence-electron chi connectivity index (χ1n) is 8.98. The van der Waals surface area contributed by atoms with E-state index < -0.39 is 0 Å². The van der Waals surface area contributed by atoms with Gasteiger partial charge in [-0.25, -0.2) is 0 Å². The molecule has 6 nitrogen and oxygen atoms in total. The van der Waals surface area contributed by atoms with Crippen molar-refractivity contribution in [1.29, 1.82) is 0 Å². The number of nitrogens with zero attached hydrogens (tertiary/aromatic N) is 2. The lowest BCUT2D eigenvalue weighted by molar-refractivity contribution is -0.131. The number of carbonyl (C=O) groups is 2. The van der Waals surface area contributed by atoms with Gasteiger partial charge in [0, 0.05) is 25.4 Å². The maximum absolute atomic E-state index is 11.9. The van der Waals surface area contributed by atoms with Gasteiger partial charge in [0.1, 0.15) is 12.4 Å². The molecular weight excluding hydrogens is 342 g/mol. The van der Waals surface area contributed by atoms with Gasteiger partial charge in [-0.15, -0.1) is 0 Å². The van der Waals surface area contributed by atoms with Crippen molar-refractivity contribution in [2.24, 2.45) is 0 Å². The minimum Gasteiger partial charge on any atom is -0.487 e. The highest BCUT2D eigenvalue weighted by Crippen LogP contribution is 2.14. The van der Waals surface area contributed by atoms with E-state index in [9.17, 15) is 9.59 Å². The highest BCUT2D eigenvalue weighted by atomic mass is 16.5. The van der Waals surface area contributed by atoms with E-state index in [0.29, 0.717) is 19.7 Å². The lowest BCUT2D eigenvalue weighted by Gasteiger charge is -2.18. The molecule has 0 aliphatic rings. The fraction of sp³-hybridized carbons (Fsp3) is 0.286. The van der Waals surface area contributed by atoms with Gasteiger partial charge < -0.3 is 15.0 Å². The second-order valence-corrected chi connectivity index (χ2v) is 5.80. The molecule has 2 aromatic rings. The molecule has 2 amide bonds. The molecule has 0 spiro atoms. The molecule has 0 saturated heterocycles. The average Bonchev–Trinajstić information content (AvgIpc) is 2.71. The first-order valence-corrected chi connectivity index (χ1v) is 8.98. The van der Waals surface area contributed by atoms with Crippen LogP contribution in [-0.2, 0) is 16.2 Å². The van der Waals surface area contributed by atoms with Crippen molar-refractivity contribution in [3.05, 3.63) is 66.0 Å². The predicted molar refractivity (Wildman–Crippen MR) is 105 cm³/mol. The van der Waals surface area contributed by atoms with Gasteiger partial charge in [0.2, 0.25) is 11.8 Å². The van der Waals surface area contributed by atoms with Gasteiger partial charge >= 0.3 is 0 Å². The second kappa shape index (κ2) is 10.8. The number of pyridine rings is 1. The standard InChI is InChI=1S/C21H25N3O3/c1-3-24(4-2)21(26)15-23-20(25)13-10-17-8-11-19(12-9-17)27-16-18-7-5-6-14-22-18/h5-14H,3-4,15-16H2,1-2H3,(H,23,25)/b13-10+. The molecule has 1 N–H and O–H groups in total. The number of aromatic nitrogens is 1. The van der Waals surface area contributed by atoms with Crippen LogP contribution in [0.3, 0.4) is 0 Å². The monoisotopic (exact) mass is 367 g/mol. The number of amides is 2. The van der Waals surface area contributed by atoms with Gasteiger partial charge in [-0.1, -0.05) is 18.2 Å². The molecule has 0 fully saturated rings. The molecule has 27 heavy (non-hydrogen) atoms. The fourth-order valence-corrected chi connectivity index (χ4v) is 2.40. The number of rotatable bonds is 9. The number of carbonyl (C=O) groups excluding carboxylic acids is 2. The van der Waals surface area contributed by atoms with Crippen molar-refractivity contribution in [1.82, 2.24) is 15.2 Å². The topological polar surface area (TPSA) is 71.5 Å². The van der Waals surface area contributed by atoms with Crippen molar-refractivity contribution in [2.75, 3.05) is 19.6 Å². The number of hydrogen-bond donors (Lipinski definition) is 1. The summed E-state index contributed by atoms with van der Waals surface area (Å²) in [5.41, 5.74) is 1.72. The van der Waals surface area contributed by atoms with Gasteiger partial charge in [0.15, 0.2) is 0 Å². The van der Waals surface area contributed by atoms with Crippen LogP contribution < -0.4 is 10.1 Å². The van der Waals surface area contributed by atoms with Crippen LogP contribution in [0, 0.1) is 0 Å². The van der Waals surface area contributed by atoms with Gasteiger partial charge in [-0.05, 0) is 49.8 Å². The summed E-state index contributed by atoms with van der Waals surface area (Å²) >= 11 is 0. The number of benzene rings is 1. The Bertz CT molecular complexity index is 754. The van der Waals surface area contributed by atoms with E-state index in [-0.39, 0.29) is 18.4 Å². The third-order valence-electron chi connectivity index (χ3n) is 3.95. The second-order valence-electron chi connectivity index (χ2n) is 5.80.